The van der Waals surface area contributed by atoms with E-state index in [-0.39, 0.29) is 0 Å². The average molecular weight is 279 g/mol. The van der Waals surface area contributed by atoms with E-state index in [1.54, 1.807) is 24.3 Å². The third kappa shape index (κ3) is 2.79. The zero-order valence-electron chi connectivity index (χ0n) is 10.7. The van der Waals surface area contributed by atoms with Crippen LogP contribution in [0.2, 0.25) is 0 Å². The van der Waals surface area contributed by atoms with Gasteiger partial charge in [-0.25, -0.2) is 0 Å². The van der Waals surface area contributed by atoms with Crippen LogP contribution in [0.4, 0.5) is 0 Å². The van der Waals surface area contributed by atoms with Gasteiger partial charge < -0.3 is 21.7 Å². The summed E-state index contributed by atoms with van der Waals surface area (Å²) in [4.78, 5) is 22.1. The highest BCUT2D eigenvalue weighted by Crippen LogP contribution is 2.31. The molecule has 7 heteroatoms. The second-order valence-electron chi connectivity index (χ2n) is 5.08. The molecule has 2 rings (SSSR count). The molecule has 0 bridgehead atoms. The summed E-state index contributed by atoms with van der Waals surface area (Å²) in [6.45, 7) is 0. The van der Waals surface area contributed by atoms with Crippen molar-refractivity contribution in [1.82, 2.24) is 5.32 Å². The van der Waals surface area contributed by atoms with Crippen LogP contribution in [0.15, 0.2) is 24.3 Å². The van der Waals surface area contributed by atoms with Crippen LogP contribution in [0.5, 0.6) is 0 Å². The second kappa shape index (κ2) is 5.20. The lowest BCUT2D eigenvalue weighted by Gasteiger charge is -2.40. The number of nitrogens with one attached hydrogen (secondary N) is 1. The minimum absolute atomic E-state index is 0.311. The molecule has 1 aromatic carbocycles. The lowest BCUT2D eigenvalue weighted by Crippen LogP contribution is -2.63. The van der Waals surface area contributed by atoms with Gasteiger partial charge in [-0.3, -0.25) is 14.9 Å². The number of rotatable bonds is 4. The van der Waals surface area contributed by atoms with Crippen molar-refractivity contribution in [3.63, 3.8) is 0 Å². The Labute approximate surface area is 115 Å². The van der Waals surface area contributed by atoms with E-state index in [1.807, 2.05) is 0 Å². The summed E-state index contributed by atoms with van der Waals surface area (Å²) in [5.74, 6) is -2.15. The summed E-state index contributed by atoms with van der Waals surface area (Å²) >= 11 is 0. The van der Waals surface area contributed by atoms with E-state index in [9.17, 15) is 9.59 Å². The first-order valence-corrected chi connectivity index (χ1v) is 6.17. The van der Waals surface area contributed by atoms with Gasteiger partial charge in [-0.05, 0) is 17.5 Å². The lowest BCUT2D eigenvalue weighted by molar-refractivity contribution is -0.140. The van der Waals surface area contributed by atoms with Crippen molar-refractivity contribution in [2.75, 3.05) is 0 Å². The molecule has 0 saturated carbocycles. The summed E-state index contributed by atoms with van der Waals surface area (Å²) < 4.78 is 0. The van der Waals surface area contributed by atoms with Crippen molar-refractivity contribution in [3.8, 4) is 0 Å². The quantitative estimate of drug-likeness (QED) is 0.464. The summed E-state index contributed by atoms with van der Waals surface area (Å²) in [5.41, 5.74) is 11.8. The number of benzene rings is 1. The van der Waals surface area contributed by atoms with Crippen molar-refractivity contribution in [2.24, 2.45) is 11.5 Å². The number of carboxylic acid groups (broad SMARTS) is 2. The Morgan fingerprint density at radius 3 is 2.55 bits per heavy atom. The number of hydrogen-bond donors (Lipinski definition) is 5. The molecule has 108 valence electrons. The fraction of sp³-hybridized carbons (Fsp3) is 0.385. The molecule has 2 atom stereocenters. The Bertz CT molecular complexity index is 544. The Balaban J connectivity index is 2.40. The molecule has 0 amide bonds. The lowest BCUT2D eigenvalue weighted by atomic mass is 9.83. The topological polar surface area (TPSA) is 139 Å². The van der Waals surface area contributed by atoms with Crippen LogP contribution in [-0.4, -0.2) is 33.9 Å². The Morgan fingerprint density at radius 1 is 1.30 bits per heavy atom. The van der Waals surface area contributed by atoms with Crippen LogP contribution in [0.3, 0.4) is 0 Å². The van der Waals surface area contributed by atoms with Crippen LogP contribution in [0.1, 0.15) is 23.6 Å². The van der Waals surface area contributed by atoms with Gasteiger partial charge in [-0.1, -0.05) is 24.3 Å². The zero-order chi connectivity index (χ0) is 14.9. The predicted octanol–water partition coefficient (Wildman–Crippen LogP) is -0.585. The third-order valence-corrected chi connectivity index (χ3v) is 3.45. The van der Waals surface area contributed by atoms with Crippen LogP contribution >= 0.6 is 0 Å². The smallest absolute Gasteiger partial charge is 0.321 e. The number of aliphatic carboxylic acids is 2. The predicted molar refractivity (Wildman–Crippen MR) is 70.8 cm³/mol. The molecular formula is C13H17N3O4. The molecule has 20 heavy (non-hydrogen) atoms. The van der Waals surface area contributed by atoms with Crippen molar-refractivity contribution >= 4 is 11.9 Å². The van der Waals surface area contributed by atoms with Gasteiger partial charge in [0.1, 0.15) is 6.04 Å². The molecule has 0 spiro atoms. The van der Waals surface area contributed by atoms with Crippen LogP contribution in [0, 0.1) is 0 Å². The van der Waals surface area contributed by atoms with Gasteiger partial charge in [0.25, 0.3) is 0 Å². The molecule has 2 unspecified atom stereocenters. The number of nitrogens with two attached hydrogens (primary N) is 2. The Kier molecular flexibility index (Phi) is 3.76. The molecule has 7 N–H and O–H groups in total. The summed E-state index contributed by atoms with van der Waals surface area (Å²) in [5, 5.41) is 20.9. The third-order valence-electron chi connectivity index (χ3n) is 3.45. The monoisotopic (exact) mass is 279 g/mol. The van der Waals surface area contributed by atoms with E-state index in [0.717, 1.165) is 11.1 Å². The molecule has 1 aliphatic heterocycles. The van der Waals surface area contributed by atoms with Gasteiger partial charge in [0, 0.05) is 0 Å². The molecule has 0 saturated heterocycles. The maximum Gasteiger partial charge on any atom is 0.321 e. The van der Waals surface area contributed by atoms with Gasteiger partial charge in [0.2, 0.25) is 0 Å². The highest BCUT2D eigenvalue weighted by Gasteiger charge is 2.41. The molecule has 0 radical (unpaired) electrons. The first-order chi connectivity index (χ1) is 9.31. The SMILES string of the molecule is NC(N)(CC(=O)O)C1NC(C(=O)O)Cc2ccccc21. The first-order valence-electron chi connectivity index (χ1n) is 6.17. The maximum absolute atomic E-state index is 11.2. The molecule has 1 aromatic rings. The Hall–Kier alpha value is -1.96. The van der Waals surface area contributed by atoms with Crippen LogP contribution < -0.4 is 16.8 Å². The van der Waals surface area contributed by atoms with E-state index in [2.05, 4.69) is 5.32 Å². The van der Waals surface area contributed by atoms with E-state index >= 15 is 0 Å². The Morgan fingerprint density at radius 2 is 1.95 bits per heavy atom. The molecular weight excluding hydrogens is 262 g/mol. The maximum atomic E-state index is 11.2. The summed E-state index contributed by atoms with van der Waals surface area (Å²) in [6.07, 6.45) is -0.156. The van der Waals surface area contributed by atoms with E-state index in [4.69, 9.17) is 21.7 Å². The van der Waals surface area contributed by atoms with Crippen LogP contribution in [-0.2, 0) is 16.0 Å². The molecule has 0 aromatic heterocycles. The highest BCUT2D eigenvalue weighted by atomic mass is 16.4. The van der Waals surface area contributed by atoms with Crippen molar-refractivity contribution in [2.45, 2.75) is 30.6 Å². The number of fused-ring (bicyclic) bond motifs is 1. The molecule has 7 nitrogen and oxygen atoms in total. The van der Waals surface area contributed by atoms with Gasteiger partial charge in [-0.15, -0.1) is 0 Å². The molecule has 1 aliphatic rings. The largest absolute Gasteiger partial charge is 0.481 e. The van der Waals surface area contributed by atoms with Crippen molar-refractivity contribution < 1.29 is 19.8 Å². The van der Waals surface area contributed by atoms with E-state index < -0.39 is 36.1 Å². The first kappa shape index (κ1) is 14.4. The van der Waals surface area contributed by atoms with Gasteiger partial charge >= 0.3 is 11.9 Å². The van der Waals surface area contributed by atoms with Gasteiger partial charge in [-0.2, -0.15) is 0 Å². The minimum Gasteiger partial charge on any atom is -0.481 e. The summed E-state index contributed by atoms with van der Waals surface area (Å²) in [7, 11) is 0. The fourth-order valence-electron chi connectivity index (χ4n) is 2.54. The van der Waals surface area contributed by atoms with E-state index in [1.165, 1.54) is 0 Å². The van der Waals surface area contributed by atoms with Gasteiger partial charge in [0.05, 0.1) is 18.1 Å². The fourth-order valence-corrected chi connectivity index (χ4v) is 2.54. The normalized spacial score (nSPS) is 22.1. The number of carbonyl (C=O) groups is 2. The second-order valence-corrected chi connectivity index (χ2v) is 5.08. The number of carboxylic acids is 2. The van der Waals surface area contributed by atoms with E-state index in [0.29, 0.717) is 6.42 Å². The van der Waals surface area contributed by atoms with Gasteiger partial charge in [0.15, 0.2) is 0 Å². The summed E-state index contributed by atoms with van der Waals surface area (Å²) in [6, 6.07) is 5.59. The number of hydrogen-bond acceptors (Lipinski definition) is 5. The minimum atomic E-state index is -1.57. The highest BCUT2D eigenvalue weighted by molar-refractivity contribution is 5.75. The zero-order valence-corrected chi connectivity index (χ0v) is 10.7. The van der Waals surface area contributed by atoms with Crippen molar-refractivity contribution in [3.05, 3.63) is 35.4 Å². The molecule has 1 heterocycles. The van der Waals surface area contributed by atoms with Crippen molar-refractivity contribution in [1.29, 1.82) is 0 Å². The molecule has 0 fully saturated rings. The molecule has 0 aliphatic carbocycles. The average Bonchev–Trinajstić information content (AvgIpc) is 2.35. The van der Waals surface area contributed by atoms with Crippen LogP contribution in [0.25, 0.3) is 0 Å². The standard InChI is InChI=1S/C13H17N3O4/c14-13(15,6-10(17)18)11-8-4-2-1-3-7(8)5-9(16-11)12(19)20/h1-4,9,11,16H,5-6,14-15H2,(H,17,18)(H,19,20).